The van der Waals surface area contributed by atoms with Crippen LogP contribution in [0.3, 0.4) is 0 Å². The van der Waals surface area contributed by atoms with E-state index in [9.17, 15) is 8.78 Å². The molecule has 1 aliphatic rings. The molecule has 0 radical (unpaired) electrons. The van der Waals surface area contributed by atoms with Crippen LogP contribution in [-0.4, -0.2) is 41.3 Å². The number of fused-ring (bicyclic) bond motifs is 1. The fraction of sp³-hybridized carbons (Fsp3) is 0.294. The maximum atomic E-state index is 13.5. The van der Waals surface area contributed by atoms with Gasteiger partial charge in [0, 0.05) is 24.3 Å². The Bertz CT molecular complexity index is 903. The van der Waals surface area contributed by atoms with Crippen LogP contribution in [0.5, 0.6) is 0 Å². The third-order valence-corrected chi connectivity index (χ3v) is 4.11. The summed E-state index contributed by atoms with van der Waals surface area (Å²) in [5.74, 6) is -0.254. The highest BCUT2D eigenvalue weighted by atomic mass is 19.2. The van der Waals surface area contributed by atoms with Crippen LogP contribution in [-0.2, 0) is 4.74 Å². The molecular weight excluding hydrogens is 314 g/mol. The fourth-order valence-electron chi connectivity index (χ4n) is 2.93. The maximum absolute atomic E-state index is 13.5. The van der Waals surface area contributed by atoms with E-state index in [-0.39, 0.29) is 0 Å². The van der Waals surface area contributed by atoms with Gasteiger partial charge < -0.3 is 14.6 Å². The minimum atomic E-state index is -0.873. The Balaban J connectivity index is 1.83. The van der Waals surface area contributed by atoms with Gasteiger partial charge in [-0.15, -0.1) is 0 Å². The maximum Gasteiger partial charge on any atom is 0.159 e. The number of nitrogens with one attached hydrogen (secondary N) is 1. The first kappa shape index (κ1) is 15.0. The molecule has 7 heteroatoms. The standard InChI is InChI=1S/C17H16F2N4O/c1-10-20-15-9-14(11-2-3-12(18)13(19)8-11)22-16(15)17(21-10)23-4-6-24-7-5-23/h2-3,8-9,22H,4-7H2,1H3. The van der Waals surface area contributed by atoms with E-state index in [2.05, 4.69) is 19.9 Å². The lowest BCUT2D eigenvalue weighted by Gasteiger charge is -2.28. The molecule has 0 amide bonds. The van der Waals surface area contributed by atoms with Crippen molar-refractivity contribution in [1.29, 1.82) is 0 Å². The zero-order chi connectivity index (χ0) is 16.7. The first-order valence-electron chi connectivity index (χ1n) is 7.77. The Hall–Kier alpha value is -2.54. The fourth-order valence-corrected chi connectivity index (χ4v) is 2.93. The number of hydrogen-bond donors (Lipinski definition) is 1. The molecule has 5 nitrogen and oxygen atoms in total. The van der Waals surface area contributed by atoms with E-state index in [1.165, 1.54) is 12.1 Å². The molecule has 0 atom stereocenters. The third-order valence-electron chi connectivity index (χ3n) is 4.11. The number of halogens is 2. The van der Waals surface area contributed by atoms with E-state index in [0.29, 0.717) is 30.3 Å². The summed E-state index contributed by atoms with van der Waals surface area (Å²) in [6, 6.07) is 5.67. The molecule has 4 rings (SSSR count). The van der Waals surface area contributed by atoms with Gasteiger partial charge in [-0.05, 0) is 31.2 Å². The zero-order valence-electron chi connectivity index (χ0n) is 13.1. The smallest absolute Gasteiger partial charge is 0.159 e. The number of morpholine rings is 1. The Labute approximate surface area is 137 Å². The molecule has 124 valence electrons. The molecule has 0 bridgehead atoms. The van der Waals surface area contributed by atoms with Crippen LogP contribution in [0.25, 0.3) is 22.3 Å². The first-order chi connectivity index (χ1) is 11.6. The number of aryl methyl sites for hydroxylation is 1. The van der Waals surface area contributed by atoms with Crippen LogP contribution in [0.15, 0.2) is 24.3 Å². The highest BCUT2D eigenvalue weighted by Gasteiger charge is 2.19. The van der Waals surface area contributed by atoms with Crippen molar-refractivity contribution in [2.75, 3.05) is 31.2 Å². The van der Waals surface area contributed by atoms with Crippen molar-refractivity contribution in [1.82, 2.24) is 15.0 Å². The van der Waals surface area contributed by atoms with Gasteiger partial charge in [-0.3, -0.25) is 0 Å². The molecule has 1 aliphatic heterocycles. The van der Waals surface area contributed by atoms with Crippen molar-refractivity contribution in [3.63, 3.8) is 0 Å². The van der Waals surface area contributed by atoms with Crippen molar-refractivity contribution < 1.29 is 13.5 Å². The predicted molar refractivity (Wildman–Crippen MR) is 87.0 cm³/mol. The molecule has 2 aromatic heterocycles. The molecule has 24 heavy (non-hydrogen) atoms. The topological polar surface area (TPSA) is 54.0 Å². The van der Waals surface area contributed by atoms with Crippen LogP contribution >= 0.6 is 0 Å². The Morgan fingerprint density at radius 3 is 2.62 bits per heavy atom. The highest BCUT2D eigenvalue weighted by molar-refractivity contribution is 5.90. The van der Waals surface area contributed by atoms with Gasteiger partial charge in [-0.1, -0.05) is 0 Å². The van der Waals surface area contributed by atoms with E-state index in [0.717, 1.165) is 36.0 Å². The largest absolute Gasteiger partial charge is 0.378 e. The molecular formula is C17H16F2N4O. The summed E-state index contributed by atoms with van der Waals surface area (Å²) in [5, 5.41) is 0. The van der Waals surface area contributed by atoms with Gasteiger partial charge in [0.05, 0.1) is 18.7 Å². The minimum Gasteiger partial charge on any atom is -0.378 e. The number of H-pyrrole nitrogens is 1. The Kier molecular flexibility index (Phi) is 3.65. The zero-order valence-corrected chi connectivity index (χ0v) is 13.1. The normalized spacial score (nSPS) is 15.2. The van der Waals surface area contributed by atoms with Gasteiger partial charge in [0.2, 0.25) is 0 Å². The number of rotatable bonds is 2. The van der Waals surface area contributed by atoms with Crippen molar-refractivity contribution in [3.05, 3.63) is 41.7 Å². The predicted octanol–water partition coefficient (Wildman–Crippen LogP) is 3.05. The minimum absolute atomic E-state index is 0.567. The number of hydrogen-bond acceptors (Lipinski definition) is 4. The van der Waals surface area contributed by atoms with Gasteiger partial charge in [0.15, 0.2) is 17.5 Å². The van der Waals surface area contributed by atoms with Crippen molar-refractivity contribution in [3.8, 4) is 11.3 Å². The quantitative estimate of drug-likeness (QED) is 0.785. The molecule has 0 spiro atoms. The number of nitrogens with zero attached hydrogens (tertiary/aromatic N) is 3. The van der Waals surface area contributed by atoms with Gasteiger partial charge in [-0.2, -0.15) is 0 Å². The number of benzene rings is 1. The van der Waals surface area contributed by atoms with Gasteiger partial charge in [0.1, 0.15) is 11.3 Å². The second-order valence-electron chi connectivity index (χ2n) is 5.77. The molecule has 1 fully saturated rings. The molecule has 0 aliphatic carbocycles. The Morgan fingerprint density at radius 2 is 1.88 bits per heavy atom. The summed E-state index contributed by atoms with van der Waals surface area (Å²) in [5.41, 5.74) is 2.79. The van der Waals surface area contributed by atoms with Crippen molar-refractivity contribution in [2.24, 2.45) is 0 Å². The van der Waals surface area contributed by atoms with Crippen LogP contribution in [0.1, 0.15) is 5.82 Å². The monoisotopic (exact) mass is 330 g/mol. The molecule has 0 unspecified atom stereocenters. The average Bonchev–Trinajstić information content (AvgIpc) is 3.01. The van der Waals surface area contributed by atoms with Crippen LogP contribution in [0, 0.1) is 18.6 Å². The van der Waals surface area contributed by atoms with E-state index < -0.39 is 11.6 Å². The lowest BCUT2D eigenvalue weighted by molar-refractivity contribution is 0.122. The van der Waals surface area contributed by atoms with Crippen LogP contribution in [0.2, 0.25) is 0 Å². The molecule has 1 N–H and O–H groups in total. The molecule has 3 aromatic rings. The number of aromatic nitrogens is 3. The number of anilines is 1. The van der Waals surface area contributed by atoms with E-state index >= 15 is 0 Å². The third kappa shape index (κ3) is 2.60. The van der Waals surface area contributed by atoms with E-state index in [1.807, 2.05) is 13.0 Å². The summed E-state index contributed by atoms with van der Waals surface area (Å²) < 4.78 is 32.1. The van der Waals surface area contributed by atoms with Crippen molar-refractivity contribution >= 4 is 16.9 Å². The Morgan fingerprint density at radius 1 is 1.08 bits per heavy atom. The summed E-state index contributed by atoms with van der Waals surface area (Å²) in [6.07, 6.45) is 0. The molecule has 3 heterocycles. The van der Waals surface area contributed by atoms with E-state index in [4.69, 9.17) is 4.74 Å². The molecule has 0 saturated carbocycles. The number of aromatic amines is 1. The van der Waals surface area contributed by atoms with Gasteiger partial charge in [-0.25, -0.2) is 18.7 Å². The highest BCUT2D eigenvalue weighted by Crippen LogP contribution is 2.29. The summed E-state index contributed by atoms with van der Waals surface area (Å²) in [4.78, 5) is 14.4. The second kappa shape index (κ2) is 5.83. The van der Waals surface area contributed by atoms with Crippen LogP contribution in [0.4, 0.5) is 14.6 Å². The van der Waals surface area contributed by atoms with Crippen molar-refractivity contribution in [2.45, 2.75) is 6.92 Å². The average molecular weight is 330 g/mol. The van der Waals surface area contributed by atoms with Crippen LogP contribution < -0.4 is 4.90 Å². The summed E-state index contributed by atoms with van der Waals surface area (Å²) in [7, 11) is 0. The number of ether oxygens (including phenoxy) is 1. The molecule has 1 aromatic carbocycles. The molecule has 1 saturated heterocycles. The lowest BCUT2D eigenvalue weighted by atomic mass is 10.1. The van der Waals surface area contributed by atoms with E-state index in [1.54, 1.807) is 0 Å². The van der Waals surface area contributed by atoms with Gasteiger partial charge in [0.25, 0.3) is 0 Å². The SMILES string of the molecule is Cc1nc(N2CCOCC2)c2[nH]c(-c3ccc(F)c(F)c3)cc2n1. The summed E-state index contributed by atoms with van der Waals surface area (Å²) >= 11 is 0. The lowest BCUT2D eigenvalue weighted by Crippen LogP contribution is -2.37. The van der Waals surface area contributed by atoms with Gasteiger partial charge >= 0.3 is 0 Å². The first-order valence-corrected chi connectivity index (χ1v) is 7.77. The second-order valence-corrected chi connectivity index (χ2v) is 5.77. The summed E-state index contributed by atoms with van der Waals surface area (Å²) in [6.45, 7) is 4.66.